The summed E-state index contributed by atoms with van der Waals surface area (Å²) in [7, 11) is 3.82. The van der Waals surface area contributed by atoms with Crippen molar-refractivity contribution in [1.82, 2.24) is 34.5 Å². The second-order valence-electron chi connectivity index (χ2n) is 7.51. The van der Waals surface area contributed by atoms with Crippen molar-refractivity contribution in [3.63, 3.8) is 0 Å². The number of hydrogen-bond acceptors (Lipinski definition) is 5. The highest BCUT2D eigenvalue weighted by Crippen LogP contribution is 2.26. The molecule has 7 heteroatoms. The van der Waals surface area contributed by atoms with Gasteiger partial charge in [-0.1, -0.05) is 18.2 Å². The molecule has 0 spiro atoms. The monoisotopic (exact) mass is 395 g/mol. The first-order valence-corrected chi connectivity index (χ1v) is 9.75. The van der Waals surface area contributed by atoms with Gasteiger partial charge in [0.1, 0.15) is 11.3 Å². The maximum Gasteiger partial charge on any atom is 0.133 e. The van der Waals surface area contributed by atoms with Crippen LogP contribution in [0.3, 0.4) is 0 Å². The number of aryl methyl sites for hydroxylation is 3. The van der Waals surface area contributed by atoms with Crippen LogP contribution in [0, 0.1) is 6.92 Å². The Kier molecular flexibility index (Phi) is 4.35. The summed E-state index contributed by atoms with van der Waals surface area (Å²) >= 11 is 0. The number of fused-ring (bicyclic) bond motifs is 1. The highest BCUT2D eigenvalue weighted by atomic mass is 15.2. The van der Waals surface area contributed by atoms with Gasteiger partial charge in [-0.15, -0.1) is 0 Å². The lowest BCUT2D eigenvalue weighted by Crippen LogP contribution is -2.00. The lowest BCUT2D eigenvalue weighted by atomic mass is 9.99. The van der Waals surface area contributed by atoms with Crippen molar-refractivity contribution in [2.45, 2.75) is 13.3 Å². The van der Waals surface area contributed by atoms with Crippen molar-refractivity contribution < 1.29 is 0 Å². The molecule has 0 amide bonds. The number of aromatic nitrogens is 7. The predicted octanol–water partition coefficient (Wildman–Crippen LogP) is 3.73. The van der Waals surface area contributed by atoms with Crippen LogP contribution < -0.4 is 0 Å². The quantitative estimate of drug-likeness (QED) is 0.464. The lowest BCUT2D eigenvalue weighted by Gasteiger charge is -2.09. The summed E-state index contributed by atoms with van der Waals surface area (Å²) in [6.45, 7) is 2.12. The minimum absolute atomic E-state index is 0.663. The van der Waals surface area contributed by atoms with Gasteiger partial charge in [0.25, 0.3) is 0 Å². The maximum atomic E-state index is 4.86. The third-order valence-corrected chi connectivity index (χ3v) is 5.26. The van der Waals surface area contributed by atoms with E-state index in [1.807, 2.05) is 55.8 Å². The second-order valence-corrected chi connectivity index (χ2v) is 7.51. The van der Waals surface area contributed by atoms with E-state index >= 15 is 0 Å². The largest absolute Gasteiger partial charge is 0.275 e. The van der Waals surface area contributed by atoms with E-state index in [1.165, 1.54) is 11.1 Å². The zero-order chi connectivity index (χ0) is 20.7. The number of hydrogen-bond donors (Lipinski definition) is 0. The molecule has 5 rings (SSSR count). The first-order chi connectivity index (χ1) is 14.6. The lowest BCUT2D eigenvalue weighted by molar-refractivity contribution is 0.768. The van der Waals surface area contributed by atoms with Crippen LogP contribution in [0.5, 0.6) is 0 Å². The maximum absolute atomic E-state index is 4.86. The third kappa shape index (κ3) is 3.34. The molecule has 0 atom stereocenters. The smallest absolute Gasteiger partial charge is 0.133 e. The molecule has 5 aromatic rings. The second kappa shape index (κ2) is 7.18. The minimum atomic E-state index is 0.663. The Morgan fingerprint density at radius 2 is 1.60 bits per heavy atom. The molecule has 4 heterocycles. The standard InChI is InChI=1S/C23H21N7/c1-15-8-17(19-11-26-29(2)13-19)5-4-16(15)9-21-25-10-18-6-7-24-22(23(18)28-21)20-12-27-30(3)14-20/h4-8,10-14H,9H2,1-3H3. The summed E-state index contributed by atoms with van der Waals surface area (Å²) in [5, 5.41) is 9.49. The molecule has 0 fully saturated rings. The molecule has 148 valence electrons. The van der Waals surface area contributed by atoms with Crippen molar-refractivity contribution >= 4 is 10.9 Å². The number of benzene rings is 1. The molecule has 0 aliphatic heterocycles. The third-order valence-electron chi connectivity index (χ3n) is 5.26. The van der Waals surface area contributed by atoms with E-state index in [2.05, 4.69) is 45.3 Å². The fraction of sp³-hybridized carbons (Fsp3) is 0.174. The Labute approximate surface area is 174 Å². The fourth-order valence-corrected chi connectivity index (χ4v) is 3.65. The van der Waals surface area contributed by atoms with Crippen LogP contribution in [0.4, 0.5) is 0 Å². The summed E-state index contributed by atoms with van der Waals surface area (Å²) in [5.41, 5.74) is 7.30. The van der Waals surface area contributed by atoms with Gasteiger partial charge in [0.2, 0.25) is 0 Å². The van der Waals surface area contributed by atoms with Crippen molar-refractivity contribution in [2.24, 2.45) is 14.1 Å². The normalized spacial score (nSPS) is 11.3. The average molecular weight is 395 g/mol. The summed E-state index contributed by atoms with van der Waals surface area (Å²) in [5.74, 6) is 0.776. The first-order valence-electron chi connectivity index (χ1n) is 9.75. The molecule has 4 aromatic heterocycles. The molecule has 0 unspecified atom stereocenters. The molecule has 7 nitrogen and oxygen atoms in total. The summed E-state index contributed by atoms with van der Waals surface area (Å²) in [6.07, 6.45) is 12.0. The number of nitrogens with zero attached hydrogens (tertiary/aromatic N) is 7. The SMILES string of the molecule is Cc1cc(-c2cnn(C)c2)ccc1Cc1ncc2ccnc(-c3cnn(C)c3)c2n1. The van der Waals surface area contributed by atoms with Crippen LogP contribution in [-0.2, 0) is 20.5 Å². The topological polar surface area (TPSA) is 74.3 Å². The Balaban J connectivity index is 1.50. The average Bonchev–Trinajstić information content (AvgIpc) is 3.37. The molecule has 0 radical (unpaired) electrons. The van der Waals surface area contributed by atoms with Crippen molar-refractivity contribution in [2.75, 3.05) is 0 Å². The van der Waals surface area contributed by atoms with Crippen molar-refractivity contribution in [3.8, 4) is 22.4 Å². The minimum Gasteiger partial charge on any atom is -0.275 e. The Morgan fingerprint density at radius 1 is 0.833 bits per heavy atom. The van der Waals surface area contributed by atoms with Gasteiger partial charge in [-0.05, 0) is 29.7 Å². The van der Waals surface area contributed by atoms with Gasteiger partial charge < -0.3 is 0 Å². The van der Waals surface area contributed by atoms with Gasteiger partial charge in [-0.25, -0.2) is 9.97 Å². The van der Waals surface area contributed by atoms with Crippen LogP contribution in [0.15, 0.2) is 61.4 Å². The van der Waals surface area contributed by atoms with Crippen LogP contribution in [0.1, 0.15) is 17.0 Å². The van der Waals surface area contributed by atoms with Gasteiger partial charge in [0, 0.05) is 61.8 Å². The highest BCUT2D eigenvalue weighted by Gasteiger charge is 2.12. The van der Waals surface area contributed by atoms with E-state index in [0.29, 0.717) is 6.42 Å². The Bertz CT molecular complexity index is 1360. The highest BCUT2D eigenvalue weighted by molar-refractivity contribution is 5.90. The zero-order valence-electron chi connectivity index (χ0n) is 17.1. The first kappa shape index (κ1) is 18.2. The van der Waals surface area contributed by atoms with E-state index in [4.69, 9.17) is 4.98 Å². The van der Waals surface area contributed by atoms with E-state index in [-0.39, 0.29) is 0 Å². The van der Waals surface area contributed by atoms with Crippen LogP contribution in [-0.4, -0.2) is 34.5 Å². The van der Waals surface area contributed by atoms with Gasteiger partial charge in [0.15, 0.2) is 0 Å². The fourth-order valence-electron chi connectivity index (χ4n) is 3.65. The Hall–Kier alpha value is -3.87. The molecule has 1 aromatic carbocycles. The molecular formula is C23H21N7. The molecule has 0 aliphatic rings. The zero-order valence-corrected chi connectivity index (χ0v) is 17.1. The van der Waals surface area contributed by atoms with E-state index in [0.717, 1.165) is 39.1 Å². The van der Waals surface area contributed by atoms with Crippen LogP contribution >= 0.6 is 0 Å². The van der Waals surface area contributed by atoms with E-state index < -0.39 is 0 Å². The van der Waals surface area contributed by atoms with Gasteiger partial charge >= 0.3 is 0 Å². The van der Waals surface area contributed by atoms with Crippen molar-refractivity contribution in [1.29, 1.82) is 0 Å². The predicted molar refractivity (Wildman–Crippen MR) is 116 cm³/mol. The number of rotatable bonds is 4. The van der Waals surface area contributed by atoms with Gasteiger partial charge in [-0.2, -0.15) is 10.2 Å². The Morgan fingerprint density at radius 3 is 2.30 bits per heavy atom. The van der Waals surface area contributed by atoms with Crippen LogP contribution in [0.25, 0.3) is 33.3 Å². The molecule has 30 heavy (non-hydrogen) atoms. The summed E-state index contributed by atoms with van der Waals surface area (Å²) in [6, 6.07) is 8.41. The molecule has 0 bridgehead atoms. The molecule has 0 N–H and O–H groups in total. The summed E-state index contributed by atoms with van der Waals surface area (Å²) < 4.78 is 3.58. The molecule has 0 saturated heterocycles. The molecule has 0 aliphatic carbocycles. The summed E-state index contributed by atoms with van der Waals surface area (Å²) in [4.78, 5) is 14.0. The van der Waals surface area contributed by atoms with Gasteiger partial charge in [0.05, 0.1) is 18.1 Å². The van der Waals surface area contributed by atoms with E-state index in [1.54, 1.807) is 10.9 Å². The van der Waals surface area contributed by atoms with Crippen molar-refractivity contribution in [3.05, 3.63) is 78.4 Å². The molecule has 0 saturated carbocycles. The molecular weight excluding hydrogens is 374 g/mol. The van der Waals surface area contributed by atoms with E-state index in [9.17, 15) is 0 Å². The van der Waals surface area contributed by atoms with Gasteiger partial charge in [-0.3, -0.25) is 14.3 Å². The van der Waals surface area contributed by atoms with Crippen LogP contribution in [0.2, 0.25) is 0 Å². The number of pyridine rings is 1.